The average molecular weight is 249 g/mol. The molecule has 1 aliphatic carbocycles. The maximum Gasteiger partial charge on any atom is 0.272 e. The van der Waals surface area contributed by atoms with Gasteiger partial charge < -0.3 is 10.7 Å². The first-order chi connectivity index (χ1) is 8.69. The Kier molecular flexibility index (Phi) is 4.09. The van der Waals surface area contributed by atoms with E-state index >= 15 is 0 Å². The molecule has 18 heavy (non-hydrogen) atoms. The molecular weight excluding hydrogens is 230 g/mol. The number of hydrogen-bond acceptors (Lipinski definition) is 5. The first-order valence-corrected chi connectivity index (χ1v) is 6.30. The molecule has 0 spiro atoms. The Bertz CT molecular complexity index is 405. The average Bonchev–Trinajstić information content (AvgIpc) is 2.39. The fourth-order valence-electron chi connectivity index (χ4n) is 2.35. The van der Waals surface area contributed by atoms with Gasteiger partial charge in [0.2, 0.25) is 0 Å². The third-order valence-electron chi connectivity index (χ3n) is 3.32. The molecule has 98 valence electrons. The molecular formula is C12H19N5O. The number of rotatable bonds is 3. The number of amides is 1. The Morgan fingerprint density at radius 3 is 2.83 bits per heavy atom. The summed E-state index contributed by atoms with van der Waals surface area (Å²) in [7, 11) is 0. The number of carbonyl (C=O) groups is 1. The Morgan fingerprint density at radius 2 is 2.22 bits per heavy atom. The van der Waals surface area contributed by atoms with E-state index < -0.39 is 0 Å². The number of nitrogens with two attached hydrogens (primary N) is 1. The van der Waals surface area contributed by atoms with Crippen molar-refractivity contribution in [2.24, 2.45) is 11.8 Å². The number of hydrazine groups is 1. The monoisotopic (exact) mass is 249 g/mol. The van der Waals surface area contributed by atoms with Crippen molar-refractivity contribution in [3.63, 3.8) is 0 Å². The maximum atomic E-state index is 12.0. The molecule has 2 unspecified atom stereocenters. The lowest BCUT2D eigenvalue weighted by Gasteiger charge is -2.27. The summed E-state index contributed by atoms with van der Waals surface area (Å²) in [6.07, 6.45) is 4.52. The van der Waals surface area contributed by atoms with E-state index in [0.29, 0.717) is 17.4 Å². The number of carbonyl (C=O) groups excluding carboxylic acids is 1. The number of anilines is 1. The second kappa shape index (κ2) is 5.77. The van der Waals surface area contributed by atoms with Crippen LogP contribution in [0.15, 0.2) is 12.1 Å². The van der Waals surface area contributed by atoms with Crippen molar-refractivity contribution in [3.05, 3.63) is 17.8 Å². The molecule has 1 amide bonds. The number of nitrogen functional groups attached to an aromatic ring is 1. The second-order valence-corrected chi connectivity index (χ2v) is 4.89. The highest BCUT2D eigenvalue weighted by atomic mass is 16.2. The molecule has 2 atom stereocenters. The van der Waals surface area contributed by atoms with Gasteiger partial charge >= 0.3 is 0 Å². The van der Waals surface area contributed by atoms with E-state index in [4.69, 9.17) is 5.84 Å². The first kappa shape index (κ1) is 12.8. The predicted octanol–water partition coefficient (Wildman–Crippen LogP) is 1.07. The maximum absolute atomic E-state index is 12.0. The lowest BCUT2D eigenvalue weighted by atomic mass is 9.87. The minimum Gasteiger partial charge on any atom is -0.348 e. The molecule has 1 aromatic rings. The summed E-state index contributed by atoms with van der Waals surface area (Å²) in [6.45, 7) is 2.22. The molecule has 2 rings (SSSR count). The second-order valence-electron chi connectivity index (χ2n) is 4.89. The normalized spacial score (nSPS) is 23.4. The van der Waals surface area contributed by atoms with Crippen molar-refractivity contribution in [1.82, 2.24) is 15.5 Å². The van der Waals surface area contributed by atoms with Crippen molar-refractivity contribution in [3.8, 4) is 0 Å². The number of nitrogens with zero attached hydrogens (tertiary/aromatic N) is 2. The van der Waals surface area contributed by atoms with E-state index in [9.17, 15) is 4.79 Å². The standard InChI is InChI=1S/C12H19N5O/c1-8-3-2-4-9(7-8)14-12(18)10-5-6-11(15-13)17-16-10/h5-6,8-9H,2-4,7,13H2,1H3,(H,14,18)(H,15,17). The first-order valence-electron chi connectivity index (χ1n) is 6.30. The highest BCUT2D eigenvalue weighted by molar-refractivity contribution is 5.92. The summed E-state index contributed by atoms with van der Waals surface area (Å²) >= 11 is 0. The molecule has 1 aliphatic rings. The van der Waals surface area contributed by atoms with Crippen molar-refractivity contribution in [2.45, 2.75) is 38.6 Å². The molecule has 0 aliphatic heterocycles. The molecule has 0 aromatic carbocycles. The largest absolute Gasteiger partial charge is 0.348 e. The van der Waals surface area contributed by atoms with E-state index in [1.165, 1.54) is 12.8 Å². The SMILES string of the molecule is CC1CCCC(NC(=O)c2ccc(NN)nn2)C1. The molecule has 1 aromatic heterocycles. The molecule has 0 saturated heterocycles. The summed E-state index contributed by atoms with van der Waals surface area (Å²) in [5.74, 6) is 6.15. The van der Waals surface area contributed by atoms with E-state index in [0.717, 1.165) is 12.8 Å². The Balaban J connectivity index is 1.94. The van der Waals surface area contributed by atoms with Crippen LogP contribution in [0, 0.1) is 5.92 Å². The van der Waals surface area contributed by atoms with Crippen molar-refractivity contribution in [2.75, 3.05) is 5.43 Å². The summed E-state index contributed by atoms with van der Waals surface area (Å²) in [5, 5.41) is 10.6. The van der Waals surface area contributed by atoms with Crippen molar-refractivity contribution in [1.29, 1.82) is 0 Å². The van der Waals surface area contributed by atoms with Crippen LogP contribution in [0.5, 0.6) is 0 Å². The van der Waals surface area contributed by atoms with Gasteiger partial charge in [0.25, 0.3) is 5.91 Å². The van der Waals surface area contributed by atoms with Crippen LogP contribution in [-0.4, -0.2) is 22.1 Å². The Morgan fingerprint density at radius 1 is 1.39 bits per heavy atom. The summed E-state index contributed by atoms with van der Waals surface area (Å²) in [6, 6.07) is 3.50. The zero-order valence-electron chi connectivity index (χ0n) is 10.5. The van der Waals surface area contributed by atoms with E-state index in [1.54, 1.807) is 12.1 Å². The zero-order valence-corrected chi connectivity index (χ0v) is 10.5. The fraction of sp³-hybridized carbons (Fsp3) is 0.583. The predicted molar refractivity (Wildman–Crippen MR) is 68.7 cm³/mol. The third kappa shape index (κ3) is 3.16. The molecule has 6 heteroatoms. The molecule has 1 saturated carbocycles. The zero-order chi connectivity index (χ0) is 13.0. The highest BCUT2D eigenvalue weighted by Gasteiger charge is 2.21. The Labute approximate surface area is 106 Å². The Hall–Kier alpha value is -1.69. The van der Waals surface area contributed by atoms with E-state index in [2.05, 4.69) is 27.9 Å². The molecule has 1 heterocycles. The van der Waals surface area contributed by atoms with E-state index in [-0.39, 0.29) is 11.9 Å². The molecule has 0 radical (unpaired) electrons. The summed E-state index contributed by atoms with van der Waals surface area (Å²) in [4.78, 5) is 12.0. The minimum absolute atomic E-state index is 0.162. The minimum atomic E-state index is -0.162. The molecule has 0 bridgehead atoms. The van der Waals surface area contributed by atoms with Crippen LogP contribution in [0.1, 0.15) is 43.1 Å². The highest BCUT2D eigenvalue weighted by Crippen LogP contribution is 2.23. The van der Waals surface area contributed by atoms with Gasteiger partial charge in [0.15, 0.2) is 11.5 Å². The van der Waals surface area contributed by atoms with Crippen LogP contribution in [0.2, 0.25) is 0 Å². The third-order valence-corrected chi connectivity index (χ3v) is 3.32. The molecule has 6 nitrogen and oxygen atoms in total. The van der Waals surface area contributed by atoms with Crippen molar-refractivity contribution >= 4 is 11.7 Å². The quantitative estimate of drug-likeness (QED) is 0.550. The van der Waals surface area contributed by atoms with Gasteiger partial charge in [0, 0.05) is 6.04 Å². The molecule has 1 fully saturated rings. The van der Waals surface area contributed by atoms with Crippen LogP contribution in [0.4, 0.5) is 5.82 Å². The van der Waals surface area contributed by atoms with Gasteiger partial charge in [-0.25, -0.2) is 5.84 Å². The van der Waals surface area contributed by atoms with Gasteiger partial charge in [-0.1, -0.05) is 19.8 Å². The van der Waals surface area contributed by atoms with Crippen LogP contribution in [0.3, 0.4) is 0 Å². The van der Waals surface area contributed by atoms with Gasteiger partial charge in [-0.05, 0) is 30.9 Å². The summed E-state index contributed by atoms with van der Waals surface area (Å²) in [5.41, 5.74) is 2.70. The number of hydrogen-bond donors (Lipinski definition) is 3. The van der Waals surface area contributed by atoms with Gasteiger partial charge in [-0.3, -0.25) is 4.79 Å². The summed E-state index contributed by atoms with van der Waals surface area (Å²) < 4.78 is 0. The van der Waals surface area contributed by atoms with Gasteiger partial charge in [0.05, 0.1) is 0 Å². The van der Waals surface area contributed by atoms with Crippen LogP contribution in [-0.2, 0) is 0 Å². The van der Waals surface area contributed by atoms with Crippen LogP contribution >= 0.6 is 0 Å². The fourth-order valence-corrected chi connectivity index (χ4v) is 2.35. The number of nitrogens with one attached hydrogen (secondary N) is 2. The van der Waals surface area contributed by atoms with E-state index in [1.807, 2.05) is 0 Å². The van der Waals surface area contributed by atoms with Gasteiger partial charge in [-0.15, -0.1) is 10.2 Å². The lowest BCUT2D eigenvalue weighted by Crippen LogP contribution is -2.38. The topological polar surface area (TPSA) is 92.9 Å². The molecule has 4 N–H and O–H groups in total. The van der Waals surface area contributed by atoms with Gasteiger partial charge in [0.1, 0.15) is 0 Å². The van der Waals surface area contributed by atoms with Crippen LogP contribution in [0.25, 0.3) is 0 Å². The number of aromatic nitrogens is 2. The van der Waals surface area contributed by atoms with Crippen molar-refractivity contribution < 1.29 is 4.79 Å². The van der Waals surface area contributed by atoms with Crippen LogP contribution < -0.4 is 16.6 Å². The lowest BCUT2D eigenvalue weighted by molar-refractivity contribution is 0.0915. The smallest absolute Gasteiger partial charge is 0.272 e. The van der Waals surface area contributed by atoms with Gasteiger partial charge in [-0.2, -0.15) is 0 Å².